The maximum atomic E-state index is 14.1. The van der Waals surface area contributed by atoms with Gasteiger partial charge in [-0.25, -0.2) is 4.39 Å². The molecule has 0 aromatic heterocycles. The lowest BCUT2D eigenvalue weighted by atomic mass is 9.89. The lowest BCUT2D eigenvalue weighted by Gasteiger charge is -2.38. The minimum Gasteiger partial charge on any atom is -0.403 e. The van der Waals surface area contributed by atoms with Crippen LogP contribution in [0.3, 0.4) is 0 Å². The Balaban J connectivity index is 0.00000225. The van der Waals surface area contributed by atoms with Crippen molar-refractivity contribution >= 4 is 12.4 Å². The van der Waals surface area contributed by atoms with Gasteiger partial charge in [-0.3, -0.25) is 4.90 Å². The predicted molar refractivity (Wildman–Crippen MR) is 89.5 cm³/mol. The van der Waals surface area contributed by atoms with E-state index in [0.717, 1.165) is 63.5 Å². The molecular weight excluding hydrogens is 360 g/mol. The number of alkyl halides is 3. The van der Waals surface area contributed by atoms with Crippen LogP contribution in [-0.2, 0) is 0 Å². The van der Waals surface area contributed by atoms with Crippen LogP contribution in [0.5, 0.6) is 5.75 Å². The van der Waals surface area contributed by atoms with Crippen molar-refractivity contribution in [2.75, 3.05) is 26.2 Å². The lowest BCUT2D eigenvalue weighted by Crippen LogP contribution is -2.46. The van der Waals surface area contributed by atoms with Crippen LogP contribution in [0.4, 0.5) is 17.6 Å². The molecule has 3 rings (SSSR count). The molecule has 1 aromatic rings. The summed E-state index contributed by atoms with van der Waals surface area (Å²) in [5, 5.41) is 3.30. The minimum absolute atomic E-state index is 0. The number of rotatable bonds is 4. The van der Waals surface area contributed by atoms with Gasteiger partial charge < -0.3 is 10.1 Å². The summed E-state index contributed by atoms with van der Waals surface area (Å²) in [5.74, 6) is -1.29. The molecule has 25 heavy (non-hydrogen) atoms. The Morgan fingerprint density at radius 1 is 1.12 bits per heavy atom. The third-order valence-electron chi connectivity index (χ3n) is 4.91. The molecule has 2 aliphatic rings. The highest BCUT2D eigenvalue weighted by molar-refractivity contribution is 5.85. The summed E-state index contributed by atoms with van der Waals surface area (Å²) >= 11 is 0. The van der Waals surface area contributed by atoms with Crippen molar-refractivity contribution in [1.82, 2.24) is 10.2 Å². The van der Waals surface area contributed by atoms with Crippen molar-refractivity contribution in [3.05, 3.63) is 29.6 Å². The number of hydrogen-bond donors (Lipinski definition) is 1. The quantitative estimate of drug-likeness (QED) is 0.786. The summed E-state index contributed by atoms with van der Waals surface area (Å²) in [4.78, 5) is 2.32. The minimum atomic E-state index is -4.88. The molecule has 1 heterocycles. The van der Waals surface area contributed by atoms with Crippen molar-refractivity contribution in [2.45, 2.75) is 38.1 Å². The van der Waals surface area contributed by atoms with Gasteiger partial charge in [0.05, 0.1) is 0 Å². The van der Waals surface area contributed by atoms with Crippen LogP contribution in [0.2, 0.25) is 0 Å². The second-order valence-corrected chi connectivity index (χ2v) is 6.51. The van der Waals surface area contributed by atoms with E-state index in [-0.39, 0.29) is 18.4 Å². The zero-order valence-corrected chi connectivity index (χ0v) is 14.6. The van der Waals surface area contributed by atoms with E-state index in [0.29, 0.717) is 5.92 Å². The van der Waals surface area contributed by atoms with Crippen molar-refractivity contribution in [3.63, 3.8) is 0 Å². The molecule has 1 saturated heterocycles. The van der Waals surface area contributed by atoms with Gasteiger partial charge >= 0.3 is 6.36 Å². The molecule has 0 unspecified atom stereocenters. The molecule has 1 aromatic carbocycles. The Morgan fingerprint density at radius 3 is 2.32 bits per heavy atom. The summed E-state index contributed by atoms with van der Waals surface area (Å²) in [6.45, 7) is 3.48. The first-order chi connectivity index (χ1) is 11.4. The SMILES string of the molecule is Cl.Fc1cc([C@H](C2CCCC2)N2CCNCC2)ccc1OC(F)(F)F. The van der Waals surface area contributed by atoms with Gasteiger partial charge in [0.15, 0.2) is 11.6 Å². The van der Waals surface area contributed by atoms with E-state index >= 15 is 0 Å². The lowest BCUT2D eigenvalue weighted by molar-refractivity contribution is -0.275. The smallest absolute Gasteiger partial charge is 0.403 e. The van der Waals surface area contributed by atoms with E-state index in [9.17, 15) is 17.6 Å². The highest BCUT2D eigenvalue weighted by Gasteiger charge is 2.34. The Hall–Kier alpha value is -1.05. The molecule has 2 fully saturated rings. The fourth-order valence-electron chi connectivity index (χ4n) is 3.92. The largest absolute Gasteiger partial charge is 0.573 e. The van der Waals surface area contributed by atoms with Gasteiger partial charge in [0.25, 0.3) is 0 Å². The summed E-state index contributed by atoms with van der Waals surface area (Å²) in [5.41, 5.74) is 0.746. The third-order valence-corrected chi connectivity index (χ3v) is 4.91. The molecule has 142 valence electrons. The van der Waals surface area contributed by atoms with E-state index in [4.69, 9.17) is 0 Å². The molecular formula is C17H23ClF4N2O. The summed E-state index contributed by atoms with van der Waals surface area (Å²) < 4.78 is 54.8. The van der Waals surface area contributed by atoms with Crippen molar-refractivity contribution < 1.29 is 22.3 Å². The Labute approximate surface area is 151 Å². The van der Waals surface area contributed by atoms with Crippen LogP contribution in [0.15, 0.2) is 18.2 Å². The van der Waals surface area contributed by atoms with E-state index in [1.807, 2.05) is 0 Å². The normalized spacial score (nSPS) is 21.0. The maximum Gasteiger partial charge on any atom is 0.573 e. The molecule has 8 heteroatoms. The monoisotopic (exact) mass is 382 g/mol. The van der Waals surface area contributed by atoms with Crippen LogP contribution < -0.4 is 10.1 Å². The highest BCUT2D eigenvalue weighted by Crippen LogP contribution is 2.40. The molecule has 0 amide bonds. The summed E-state index contributed by atoms with van der Waals surface area (Å²) in [6, 6.07) is 3.95. The average molecular weight is 383 g/mol. The van der Waals surface area contributed by atoms with E-state index in [2.05, 4.69) is 15.0 Å². The molecule has 1 aliphatic heterocycles. The summed E-state index contributed by atoms with van der Waals surface area (Å²) in [7, 11) is 0. The van der Waals surface area contributed by atoms with Gasteiger partial charge in [-0.15, -0.1) is 25.6 Å². The first kappa shape index (κ1) is 20.3. The number of nitrogens with one attached hydrogen (secondary N) is 1. The van der Waals surface area contributed by atoms with Crippen molar-refractivity contribution in [2.24, 2.45) is 5.92 Å². The number of piperazine rings is 1. The van der Waals surface area contributed by atoms with Gasteiger partial charge in [0, 0.05) is 32.2 Å². The molecule has 1 atom stereocenters. The van der Waals surface area contributed by atoms with Gasteiger partial charge in [-0.2, -0.15) is 0 Å². The number of nitrogens with zero attached hydrogens (tertiary/aromatic N) is 1. The fraction of sp³-hybridized carbons (Fsp3) is 0.647. The topological polar surface area (TPSA) is 24.5 Å². The Kier molecular flexibility index (Phi) is 6.93. The first-order valence-electron chi connectivity index (χ1n) is 8.44. The molecule has 0 spiro atoms. The second-order valence-electron chi connectivity index (χ2n) is 6.51. The highest BCUT2D eigenvalue weighted by atomic mass is 35.5. The Bertz CT molecular complexity index is 558. The van der Waals surface area contributed by atoms with Crippen molar-refractivity contribution in [3.8, 4) is 5.75 Å². The third kappa shape index (κ3) is 5.21. The predicted octanol–water partition coefficient (Wildman–Crippen LogP) is 4.28. The van der Waals surface area contributed by atoms with Crippen LogP contribution in [0.25, 0.3) is 0 Å². The number of hydrogen-bond acceptors (Lipinski definition) is 3. The van der Waals surface area contributed by atoms with Crippen LogP contribution >= 0.6 is 12.4 Å². The number of halogens is 5. The van der Waals surface area contributed by atoms with Gasteiger partial charge in [-0.1, -0.05) is 18.9 Å². The van der Waals surface area contributed by atoms with E-state index in [1.54, 1.807) is 6.07 Å². The zero-order valence-electron chi connectivity index (χ0n) is 13.8. The van der Waals surface area contributed by atoms with Crippen LogP contribution in [0.1, 0.15) is 37.3 Å². The van der Waals surface area contributed by atoms with Gasteiger partial charge in [-0.05, 0) is 36.5 Å². The van der Waals surface area contributed by atoms with E-state index < -0.39 is 17.9 Å². The maximum absolute atomic E-state index is 14.1. The summed E-state index contributed by atoms with van der Waals surface area (Å²) in [6.07, 6.45) is -0.407. The van der Waals surface area contributed by atoms with Gasteiger partial charge in [0.1, 0.15) is 0 Å². The number of benzene rings is 1. The van der Waals surface area contributed by atoms with Crippen molar-refractivity contribution in [1.29, 1.82) is 0 Å². The molecule has 0 bridgehead atoms. The fourth-order valence-corrected chi connectivity index (χ4v) is 3.92. The molecule has 0 radical (unpaired) electrons. The molecule has 3 nitrogen and oxygen atoms in total. The zero-order chi connectivity index (χ0) is 17.2. The van der Waals surface area contributed by atoms with Crippen LogP contribution in [0, 0.1) is 11.7 Å². The van der Waals surface area contributed by atoms with Crippen LogP contribution in [-0.4, -0.2) is 37.4 Å². The number of ether oxygens (including phenoxy) is 1. The Morgan fingerprint density at radius 2 is 1.76 bits per heavy atom. The van der Waals surface area contributed by atoms with Gasteiger partial charge in [0.2, 0.25) is 0 Å². The molecule has 1 saturated carbocycles. The second kappa shape index (κ2) is 8.56. The first-order valence-corrected chi connectivity index (χ1v) is 8.44. The standard InChI is InChI=1S/C17H22F4N2O.ClH/c18-14-11-13(5-6-15(14)24-17(19,20)21)16(12-3-1-2-4-12)23-9-7-22-8-10-23;/h5-6,11-12,16,22H,1-4,7-10H2;1H/t16-;/m0./s1. The molecule has 1 N–H and O–H groups in total. The van der Waals surface area contributed by atoms with E-state index in [1.165, 1.54) is 6.07 Å². The average Bonchev–Trinajstić information content (AvgIpc) is 3.04. The molecule has 1 aliphatic carbocycles.